The van der Waals surface area contributed by atoms with Gasteiger partial charge in [0.2, 0.25) is 5.75 Å². The van der Waals surface area contributed by atoms with Gasteiger partial charge >= 0.3 is 6.18 Å². The van der Waals surface area contributed by atoms with Crippen LogP contribution in [-0.4, -0.2) is 57.4 Å². The second-order valence-electron chi connectivity index (χ2n) is 7.08. The van der Waals surface area contributed by atoms with Gasteiger partial charge in [-0.05, 0) is 54.8 Å². The highest BCUT2D eigenvalue weighted by molar-refractivity contribution is 7.98. The van der Waals surface area contributed by atoms with Gasteiger partial charge in [-0.1, -0.05) is 0 Å². The maximum Gasteiger partial charge on any atom is 0.416 e. The van der Waals surface area contributed by atoms with E-state index in [1.165, 1.54) is 39.3 Å². The summed E-state index contributed by atoms with van der Waals surface area (Å²) in [6.07, 6.45) is -1.01. The van der Waals surface area contributed by atoms with E-state index in [0.29, 0.717) is 35.0 Å². The van der Waals surface area contributed by atoms with Crippen LogP contribution in [0.1, 0.15) is 27.9 Å². The largest absolute Gasteiger partial charge is 0.493 e. The van der Waals surface area contributed by atoms with Crippen molar-refractivity contribution in [3.05, 3.63) is 53.1 Å². The van der Waals surface area contributed by atoms with E-state index in [-0.39, 0.29) is 5.56 Å². The number of halogens is 3. The molecule has 0 heterocycles. The van der Waals surface area contributed by atoms with E-state index >= 15 is 0 Å². The lowest BCUT2D eigenvalue weighted by Gasteiger charge is -2.17. The first-order chi connectivity index (χ1) is 16.6. The number of hydrazone groups is 1. The zero-order valence-corrected chi connectivity index (χ0v) is 20.4. The quantitative estimate of drug-likeness (QED) is 0.351. The Morgan fingerprint density at radius 3 is 2.14 bits per heavy atom. The molecule has 12 heteroatoms. The van der Waals surface area contributed by atoms with Gasteiger partial charge in [0.05, 0.1) is 33.1 Å². The van der Waals surface area contributed by atoms with Crippen molar-refractivity contribution in [1.82, 2.24) is 10.7 Å². The molecule has 1 unspecified atom stereocenters. The standard InChI is InChI=1S/C23H26F3N3O5S/c1-32-18-11-14(12-19(33-2)20(18)34-3)13-27-29-22(31)17(9-10-35-4)28-21(30)15-5-7-16(8-6-15)23(24,25)26/h5-8,11-13,17H,9-10H2,1-4H3,(H,28,30)(H,29,31)/b27-13+. The van der Waals surface area contributed by atoms with E-state index in [0.717, 1.165) is 24.3 Å². The molecule has 0 fully saturated rings. The molecule has 0 radical (unpaired) electrons. The van der Waals surface area contributed by atoms with Crippen molar-refractivity contribution >= 4 is 29.8 Å². The molecule has 0 aliphatic heterocycles. The van der Waals surface area contributed by atoms with Crippen molar-refractivity contribution in [1.29, 1.82) is 0 Å². The number of hydrogen-bond donors (Lipinski definition) is 2. The predicted octanol–water partition coefficient (Wildman–Crippen LogP) is 3.73. The fraction of sp³-hybridized carbons (Fsp3) is 0.348. The molecule has 35 heavy (non-hydrogen) atoms. The molecule has 0 bridgehead atoms. The van der Waals surface area contributed by atoms with Crippen LogP contribution in [0.5, 0.6) is 17.2 Å². The van der Waals surface area contributed by atoms with Gasteiger partial charge in [0.15, 0.2) is 11.5 Å². The van der Waals surface area contributed by atoms with Gasteiger partial charge in [0.25, 0.3) is 11.8 Å². The van der Waals surface area contributed by atoms with E-state index < -0.39 is 29.6 Å². The average Bonchev–Trinajstić information content (AvgIpc) is 2.85. The minimum Gasteiger partial charge on any atom is -0.493 e. The molecule has 0 aliphatic carbocycles. The summed E-state index contributed by atoms with van der Waals surface area (Å²) in [6.45, 7) is 0. The Balaban J connectivity index is 2.11. The fourth-order valence-electron chi connectivity index (χ4n) is 2.98. The Morgan fingerprint density at radius 2 is 1.66 bits per heavy atom. The number of ether oxygens (including phenoxy) is 3. The van der Waals surface area contributed by atoms with Gasteiger partial charge in [-0.15, -0.1) is 0 Å². The summed E-state index contributed by atoms with van der Waals surface area (Å²) in [6, 6.07) is 6.06. The topological polar surface area (TPSA) is 98.2 Å². The number of nitrogens with zero attached hydrogens (tertiary/aromatic N) is 1. The van der Waals surface area contributed by atoms with Crippen LogP contribution in [-0.2, 0) is 11.0 Å². The van der Waals surface area contributed by atoms with Crippen molar-refractivity contribution < 1.29 is 37.0 Å². The van der Waals surface area contributed by atoms with E-state index in [4.69, 9.17) is 14.2 Å². The fourth-order valence-corrected chi connectivity index (χ4v) is 3.45. The number of carbonyl (C=O) groups excluding carboxylic acids is 2. The number of rotatable bonds is 11. The zero-order chi connectivity index (χ0) is 26.0. The summed E-state index contributed by atoms with van der Waals surface area (Å²) in [7, 11) is 4.41. The van der Waals surface area contributed by atoms with Crippen LogP contribution in [0.4, 0.5) is 13.2 Å². The molecule has 2 amide bonds. The first-order valence-corrected chi connectivity index (χ1v) is 11.6. The monoisotopic (exact) mass is 513 g/mol. The molecule has 2 N–H and O–H groups in total. The van der Waals surface area contributed by atoms with Gasteiger partial charge < -0.3 is 19.5 Å². The van der Waals surface area contributed by atoms with Gasteiger partial charge in [-0.2, -0.15) is 30.0 Å². The summed E-state index contributed by atoms with van der Waals surface area (Å²) in [4.78, 5) is 25.2. The normalized spacial score (nSPS) is 12.2. The highest BCUT2D eigenvalue weighted by atomic mass is 32.2. The minimum atomic E-state index is -4.51. The van der Waals surface area contributed by atoms with Gasteiger partial charge in [-0.3, -0.25) is 9.59 Å². The maximum atomic E-state index is 12.8. The van der Waals surface area contributed by atoms with Gasteiger partial charge in [-0.25, -0.2) is 5.43 Å². The van der Waals surface area contributed by atoms with Crippen LogP contribution in [0.25, 0.3) is 0 Å². The van der Waals surface area contributed by atoms with Crippen LogP contribution in [0.3, 0.4) is 0 Å². The predicted molar refractivity (Wildman–Crippen MR) is 128 cm³/mol. The number of methoxy groups -OCH3 is 3. The van der Waals surface area contributed by atoms with E-state index in [1.54, 1.807) is 12.1 Å². The summed E-state index contributed by atoms with van der Waals surface area (Å²) < 4.78 is 54.1. The number of alkyl halides is 3. The van der Waals surface area contributed by atoms with Crippen molar-refractivity contribution in [2.45, 2.75) is 18.6 Å². The first-order valence-electron chi connectivity index (χ1n) is 10.2. The molecule has 2 rings (SSSR count). The molecular weight excluding hydrogens is 487 g/mol. The first kappa shape index (κ1) is 27.8. The van der Waals surface area contributed by atoms with Crippen LogP contribution >= 0.6 is 11.8 Å². The average molecular weight is 514 g/mol. The van der Waals surface area contributed by atoms with Crippen molar-refractivity contribution in [2.24, 2.45) is 5.10 Å². The highest BCUT2D eigenvalue weighted by Gasteiger charge is 2.30. The minimum absolute atomic E-state index is 0.000811. The third-order valence-electron chi connectivity index (χ3n) is 4.78. The Hall–Kier alpha value is -3.41. The number of amides is 2. The molecule has 0 spiro atoms. The second kappa shape index (κ2) is 12.9. The van der Waals surface area contributed by atoms with E-state index in [9.17, 15) is 22.8 Å². The molecule has 2 aromatic carbocycles. The van der Waals surface area contributed by atoms with E-state index in [2.05, 4.69) is 15.8 Å². The smallest absolute Gasteiger partial charge is 0.416 e. The summed E-state index contributed by atoms with van der Waals surface area (Å²) in [5.74, 6) is 0.514. The van der Waals surface area contributed by atoms with Gasteiger partial charge in [0.1, 0.15) is 6.04 Å². The van der Waals surface area contributed by atoms with Crippen LogP contribution in [0.2, 0.25) is 0 Å². The Kier molecular flexibility index (Phi) is 10.2. The second-order valence-corrected chi connectivity index (χ2v) is 8.06. The van der Waals surface area contributed by atoms with E-state index in [1.807, 2.05) is 6.26 Å². The molecular formula is C23H26F3N3O5S. The number of hydrogen-bond acceptors (Lipinski definition) is 7. The lowest BCUT2D eigenvalue weighted by Crippen LogP contribution is -2.45. The Morgan fingerprint density at radius 1 is 1.06 bits per heavy atom. The third kappa shape index (κ3) is 7.81. The van der Waals surface area contributed by atoms with Crippen LogP contribution in [0.15, 0.2) is 41.5 Å². The molecule has 190 valence electrons. The molecule has 8 nitrogen and oxygen atoms in total. The molecule has 1 atom stereocenters. The van der Waals surface area contributed by atoms with Crippen molar-refractivity contribution in [2.75, 3.05) is 33.3 Å². The van der Waals surface area contributed by atoms with Gasteiger partial charge in [0, 0.05) is 11.1 Å². The summed E-state index contributed by atoms with van der Waals surface area (Å²) in [5, 5.41) is 6.49. The maximum absolute atomic E-state index is 12.8. The number of carbonyl (C=O) groups is 2. The summed E-state index contributed by atoms with van der Waals surface area (Å²) >= 11 is 1.47. The van der Waals surface area contributed by atoms with Crippen LogP contribution < -0.4 is 25.0 Å². The van der Waals surface area contributed by atoms with Crippen molar-refractivity contribution in [3.63, 3.8) is 0 Å². The molecule has 0 aromatic heterocycles. The molecule has 0 aliphatic rings. The number of nitrogens with one attached hydrogen (secondary N) is 2. The Labute approximate surface area is 205 Å². The molecule has 2 aromatic rings. The lowest BCUT2D eigenvalue weighted by atomic mass is 10.1. The lowest BCUT2D eigenvalue weighted by molar-refractivity contribution is -0.137. The SMILES string of the molecule is COc1cc(/C=N/NC(=O)C(CCSC)NC(=O)c2ccc(C(F)(F)F)cc2)cc(OC)c1OC. The third-order valence-corrected chi connectivity index (χ3v) is 5.43. The Bertz CT molecular complexity index is 1020. The van der Waals surface area contributed by atoms with Crippen molar-refractivity contribution in [3.8, 4) is 17.2 Å². The van der Waals surface area contributed by atoms with Crippen LogP contribution in [0, 0.1) is 0 Å². The summed E-state index contributed by atoms with van der Waals surface area (Å²) in [5.41, 5.74) is 2.06. The number of benzene rings is 2. The number of thioether (sulfide) groups is 1. The molecule has 0 saturated carbocycles. The highest BCUT2D eigenvalue weighted by Crippen LogP contribution is 2.37. The molecule has 0 saturated heterocycles. The zero-order valence-electron chi connectivity index (χ0n) is 19.6.